The minimum absolute atomic E-state index is 0.176. The van der Waals surface area contributed by atoms with Gasteiger partial charge in [-0.3, -0.25) is 4.79 Å². The summed E-state index contributed by atoms with van der Waals surface area (Å²) in [5.74, 6) is 0.785. The first-order chi connectivity index (χ1) is 9.20. The Hall–Kier alpha value is -2.80. The van der Waals surface area contributed by atoms with Crippen molar-refractivity contribution in [2.45, 2.75) is 6.92 Å². The highest BCUT2D eigenvalue weighted by Gasteiger charge is 2.08. The lowest BCUT2D eigenvalue weighted by Gasteiger charge is -2.11. The van der Waals surface area contributed by atoms with Crippen molar-refractivity contribution in [3.05, 3.63) is 54.1 Å². The number of amides is 1. The molecule has 0 unspecified atom stereocenters. The first kappa shape index (κ1) is 12.7. The smallest absolute Gasteiger partial charge is 0.221 e. The second kappa shape index (κ2) is 5.69. The molecule has 2 aromatic rings. The van der Waals surface area contributed by atoms with Crippen LogP contribution in [0.15, 0.2) is 48.5 Å². The molecule has 0 saturated carbocycles. The molecule has 0 aliphatic carbocycles. The minimum Gasteiger partial charge on any atom is -0.454 e. The van der Waals surface area contributed by atoms with Crippen LogP contribution in [0.2, 0.25) is 0 Å². The summed E-state index contributed by atoms with van der Waals surface area (Å²) in [6.45, 7) is 1.43. The molecule has 0 heterocycles. The number of nitriles is 1. The van der Waals surface area contributed by atoms with Crippen molar-refractivity contribution in [2.75, 3.05) is 5.32 Å². The van der Waals surface area contributed by atoms with E-state index in [9.17, 15) is 4.79 Å². The third-order valence-electron chi connectivity index (χ3n) is 2.43. The predicted molar refractivity (Wildman–Crippen MR) is 72.0 cm³/mol. The molecule has 0 aliphatic rings. The number of carbonyl (C=O) groups excluding carboxylic acids is 1. The Morgan fingerprint density at radius 3 is 2.42 bits per heavy atom. The number of para-hydroxylation sites is 3. The van der Waals surface area contributed by atoms with Gasteiger partial charge in [0.05, 0.1) is 11.3 Å². The Kier molecular flexibility index (Phi) is 3.79. The summed E-state index contributed by atoms with van der Waals surface area (Å²) in [5.41, 5.74) is 1.02. The highest BCUT2D eigenvalue weighted by atomic mass is 16.5. The van der Waals surface area contributed by atoms with E-state index in [1.165, 1.54) is 6.92 Å². The number of nitrogens with zero attached hydrogens (tertiary/aromatic N) is 1. The van der Waals surface area contributed by atoms with Gasteiger partial charge in [0.15, 0.2) is 5.75 Å². The highest BCUT2D eigenvalue weighted by molar-refractivity contribution is 5.90. The summed E-state index contributed by atoms with van der Waals surface area (Å²) in [6, 6.07) is 16.1. The van der Waals surface area contributed by atoms with E-state index in [0.717, 1.165) is 0 Å². The Labute approximate surface area is 111 Å². The average Bonchev–Trinajstić information content (AvgIpc) is 2.41. The van der Waals surface area contributed by atoms with Crippen molar-refractivity contribution in [3.8, 4) is 17.6 Å². The van der Waals surface area contributed by atoms with Crippen LogP contribution in [0, 0.1) is 11.3 Å². The Balaban J connectivity index is 2.33. The molecule has 0 bridgehead atoms. The van der Waals surface area contributed by atoms with Gasteiger partial charge in [0.1, 0.15) is 11.8 Å². The van der Waals surface area contributed by atoms with Gasteiger partial charge >= 0.3 is 0 Å². The van der Waals surface area contributed by atoms with Crippen LogP contribution < -0.4 is 10.1 Å². The third-order valence-corrected chi connectivity index (χ3v) is 2.43. The van der Waals surface area contributed by atoms with Gasteiger partial charge in [-0.25, -0.2) is 0 Å². The Bertz CT molecular complexity index is 645. The number of nitrogens with one attached hydrogen (secondary N) is 1. The molecule has 0 fully saturated rings. The summed E-state index contributed by atoms with van der Waals surface area (Å²) in [7, 11) is 0. The first-order valence-corrected chi connectivity index (χ1v) is 5.74. The van der Waals surface area contributed by atoms with E-state index < -0.39 is 0 Å². The van der Waals surface area contributed by atoms with Crippen molar-refractivity contribution in [1.29, 1.82) is 5.26 Å². The van der Waals surface area contributed by atoms with Gasteiger partial charge in [-0.1, -0.05) is 24.3 Å². The number of anilines is 1. The number of benzene rings is 2. The van der Waals surface area contributed by atoms with Crippen LogP contribution >= 0.6 is 0 Å². The molecule has 0 radical (unpaired) electrons. The monoisotopic (exact) mass is 252 g/mol. The molecule has 4 nitrogen and oxygen atoms in total. The topological polar surface area (TPSA) is 62.1 Å². The van der Waals surface area contributed by atoms with Gasteiger partial charge in [0.25, 0.3) is 0 Å². The second-order valence-corrected chi connectivity index (χ2v) is 3.89. The van der Waals surface area contributed by atoms with Gasteiger partial charge in [0, 0.05) is 6.92 Å². The van der Waals surface area contributed by atoms with Crippen LogP contribution in [0.25, 0.3) is 0 Å². The Morgan fingerprint density at radius 1 is 1.11 bits per heavy atom. The van der Waals surface area contributed by atoms with Crippen LogP contribution in [-0.4, -0.2) is 5.91 Å². The lowest BCUT2D eigenvalue weighted by Crippen LogP contribution is -2.06. The van der Waals surface area contributed by atoms with Crippen molar-refractivity contribution < 1.29 is 9.53 Å². The number of hydrogen-bond acceptors (Lipinski definition) is 3. The maximum atomic E-state index is 11.1. The fraction of sp³-hybridized carbons (Fsp3) is 0.0667. The van der Waals surface area contributed by atoms with Gasteiger partial charge in [-0.05, 0) is 24.3 Å². The molecule has 2 rings (SSSR count). The largest absolute Gasteiger partial charge is 0.454 e. The number of rotatable bonds is 3. The van der Waals surface area contributed by atoms with Crippen molar-refractivity contribution >= 4 is 11.6 Å². The van der Waals surface area contributed by atoms with Crippen molar-refractivity contribution in [2.24, 2.45) is 0 Å². The molecule has 0 atom stereocenters. The number of carbonyl (C=O) groups is 1. The molecule has 94 valence electrons. The van der Waals surface area contributed by atoms with Crippen LogP contribution in [0.1, 0.15) is 12.5 Å². The zero-order valence-corrected chi connectivity index (χ0v) is 10.4. The lowest BCUT2D eigenvalue weighted by molar-refractivity contribution is -0.114. The first-order valence-electron chi connectivity index (χ1n) is 5.74. The quantitative estimate of drug-likeness (QED) is 0.911. The molecule has 0 saturated heterocycles. The average molecular weight is 252 g/mol. The molecular formula is C15H12N2O2. The van der Waals surface area contributed by atoms with Crippen molar-refractivity contribution in [3.63, 3.8) is 0 Å². The molecule has 0 spiro atoms. The molecule has 0 aromatic heterocycles. The maximum absolute atomic E-state index is 11.1. The Morgan fingerprint density at radius 2 is 1.74 bits per heavy atom. The summed E-state index contributed by atoms with van der Waals surface area (Å²) in [4.78, 5) is 11.1. The lowest BCUT2D eigenvalue weighted by atomic mass is 10.2. The summed E-state index contributed by atoms with van der Waals surface area (Å²) in [6.07, 6.45) is 0. The van der Waals surface area contributed by atoms with Gasteiger partial charge in [-0.15, -0.1) is 0 Å². The number of hydrogen-bond donors (Lipinski definition) is 1. The summed E-state index contributed by atoms with van der Waals surface area (Å²) in [5, 5.41) is 11.7. The molecule has 19 heavy (non-hydrogen) atoms. The molecule has 2 aromatic carbocycles. The van der Waals surface area contributed by atoms with E-state index in [0.29, 0.717) is 22.7 Å². The van der Waals surface area contributed by atoms with E-state index in [1.54, 1.807) is 48.5 Å². The summed E-state index contributed by atoms with van der Waals surface area (Å²) >= 11 is 0. The van der Waals surface area contributed by atoms with Gasteiger partial charge < -0.3 is 10.1 Å². The predicted octanol–water partition coefficient (Wildman–Crippen LogP) is 3.31. The van der Waals surface area contributed by atoms with Crippen LogP contribution in [0.4, 0.5) is 5.69 Å². The van der Waals surface area contributed by atoms with Crippen molar-refractivity contribution in [1.82, 2.24) is 0 Å². The van der Waals surface area contributed by atoms with E-state index in [2.05, 4.69) is 11.4 Å². The van der Waals surface area contributed by atoms with Gasteiger partial charge in [0.2, 0.25) is 5.91 Å². The maximum Gasteiger partial charge on any atom is 0.221 e. The normalized spacial score (nSPS) is 9.47. The summed E-state index contributed by atoms with van der Waals surface area (Å²) < 4.78 is 5.70. The zero-order valence-electron chi connectivity index (χ0n) is 10.4. The third kappa shape index (κ3) is 3.11. The highest BCUT2D eigenvalue weighted by Crippen LogP contribution is 2.30. The molecular weight excluding hydrogens is 240 g/mol. The standard InChI is InChI=1S/C15H12N2O2/c1-11(18)17-13-7-3-5-9-15(13)19-14-8-4-2-6-12(14)10-16/h2-9H,1H3,(H,17,18). The molecule has 4 heteroatoms. The van der Waals surface area contributed by atoms with E-state index in [-0.39, 0.29) is 5.91 Å². The van der Waals surface area contributed by atoms with E-state index in [4.69, 9.17) is 10.00 Å². The van der Waals surface area contributed by atoms with Crippen LogP contribution in [0.3, 0.4) is 0 Å². The molecule has 0 aliphatic heterocycles. The minimum atomic E-state index is -0.176. The second-order valence-electron chi connectivity index (χ2n) is 3.89. The molecule has 1 amide bonds. The van der Waals surface area contributed by atoms with E-state index >= 15 is 0 Å². The zero-order chi connectivity index (χ0) is 13.7. The van der Waals surface area contributed by atoms with Gasteiger partial charge in [-0.2, -0.15) is 5.26 Å². The van der Waals surface area contributed by atoms with E-state index in [1.807, 2.05) is 0 Å². The van der Waals surface area contributed by atoms with Crippen LogP contribution in [0.5, 0.6) is 11.5 Å². The molecule has 1 N–H and O–H groups in total. The fourth-order valence-corrected chi connectivity index (χ4v) is 1.62. The number of ether oxygens (including phenoxy) is 1. The SMILES string of the molecule is CC(=O)Nc1ccccc1Oc1ccccc1C#N. The van der Waals surface area contributed by atoms with Crippen LogP contribution in [-0.2, 0) is 4.79 Å². The fourth-order valence-electron chi connectivity index (χ4n) is 1.62.